The molecular weight excluding hydrogens is 296 g/mol. The molecule has 0 amide bonds. The van der Waals surface area contributed by atoms with Crippen LogP contribution in [-0.4, -0.2) is 11.7 Å². The Balaban J connectivity index is 1.75. The highest BCUT2D eigenvalue weighted by atomic mass is 16.5. The van der Waals surface area contributed by atoms with Crippen molar-refractivity contribution < 1.29 is 9.47 Å². The van der Waals surface area contributed by atoms with Crippen LogP contribution in [0, 0.1) is 11.3 Å². The summed E-state index contributed by atoms with van der Waals surface area (Å²) in [7, 11) is 0. The van der Waals surface area contributed by atoms with E-state index in [4.69, 9.17) is 9.47 Å². The normalized spacial score (nSPS) is 33.5. The van der Waals surface area contributed by atoms with Crippen molar-refractivity contribution in [3.63, 3.8) is 0 Å². The van der Waals surface area contributed by atoms with E-state index in [0.717, 1.165) is 11.5 Å². The summed E-state index contributed by atoms with van der Waals surface area (Å²) in [6.07, 6.45) is 0.207. The highest BCUT2D eigenvalue weighted by molar-refractivity contribution is 5.50. The van der Waals surface area contributed by atoms with Crippen LogP contribution < -0.4 is 9.47 Å². The Kier molecular flexibility index (Phi) is 2.61. The lowest BCUT2D eigenvalue weighted by Gasteiger charge is -2.46. The van der Waals surface area contributed by atoms with Gasteiger partial charge in [-0.05, 0) is 31.5 Å². The fraction of sp³-hybridized carbons (Fsp3) is 0.455. The van der Waals surface area contributed by atoms with Crippen molar-refractivity contribution in [1.82, 2.24) is 0 Å². The van der Waals surface area contributed by atoms with Crippen LogP contribution in [0.5, 0.6) is 11.5 Å². The molecule has 24 heavy (non-hydrogen) atoms. The molecule has 0 radical (unpaired) electrons. The van der Waals surface area contributed by atoms with Gasteiger partial charge in [-0.25, -0.2) is 0 Å². The molecule has 2 nitrogen and oxygen atoms in total. The average molecular weight is 320 g/mol. The summed E-state index contributed by atoms with van der Waals surface area (Å²) < 4.78 is 13.0. The summed E-state index contributed by atoms with van der Waals surface area (Å²) >= 11 is 0. The van der Waals surface area contributed by atoms with Crippen molar-refractivity contribution in [2.24, 2.45) is 11.3 Å². The Morgan fingerprint density at radius 3 is 2.17 bits per heavy atom. The first-order valence-corrected chi connectivity index (χ1v) is 8.95. The van der Waals surface area contributed by atoms with E-state index in [0.29, 0.717) is 17.8 Å². The fourth-order valence-corrected chi connectivity index (χ4v) is 5.69. The van der Waals surface area contributed by atoms with Gasteiger partial charge in [0.2, 0.25) is 0 Å². The molecule has 2 aromatic carbocycles. The second-order valence-corrected chi connectivity index (χ2v) is 8.67. The number of benzene rings is 2. The third-order valence-electron chi connectivity index (χ3n) is 6.57. The summed E-state index contributed by atoms with van der Waals surface area (Å²) in [6.45, 7) is 9.25. The number of para-hydroxylation sites is 2. The summed E-state index contributed by atoms with van der Waals surface area (Å²) in [5, 5.41) is 0. The van der Waals surface area contributed by atoms with Gasteiger partial charge in [0, 0.05) is 28.7 Å². The number of fused-ring (bicyclic) bond motifs is 7. The number of hydrogen-bond acceptors (Lipinski definition) is 2. The Morgan fingerprint density at radius 2 is 1.42 bits per heavy atom. The van der Waals surface area contributed by atoms with Gasteiger partial charge >= 0.3 is 0 Å². The zero-order chi connectivity index (χ0) is 16.7. The van der Waals surface area contributed by atoms with E-state index in [1.807, 2.05) is 0 Å². The van der Waals surface area contributed by atoms with E-state index in [1.54, 1.807) is 0 Å². The summed E-state index contributed by atoms with van der Waals surface area (Å²) in [6, 6.07) is 17.1. The standard InChI is InChI=1S/C22H24O2/c1-21(2)18-14-10-6-8-12-16(14)24-22(3,4)19(18)17-13-9-5-7-11-15(13)23-20(17)21/h5-12,17-20H,1-4H3. The number of ether oxygens (including phenoxy) is 2. The third kappa shape index (κ3) is 1.62. The molecule has 0 aromatic heterocycles. The second-order valence-electron chi connectivity index (χ2n) is 8.67. The van der Waals surface area contributed by atoms with Crippen molar-refractivity contribution in [3.05, 3.63) is 59.7 Å². The predicted octanol–water partition coefficient (Wildman–Crippen LogP) is 5.14. The lowest BCUT2D eigenvalue weighted by molar-refractivity contribution is 0.00339. The van der Waals surface area contributed by atoms with E-state index in [-0.39, 0.29) is 17.1 Å². The van der Waals surface area contributed by atoms with Crippen molar-refractivity contribution in [1.29, 1.82) is 0 Å². The molecule has 2 aromatic rings. The SMILES string of the molecule is CC1(C)Oc2ccccc2C2C1C1c3ccccc3OC1C2(C)C. The van der Waals surface area contributed by atoms with Crippen LogP contribution in [0.1, 0.15) is 50.7 Å². The smallest absolute Gasteiger partial charge is 0.123 e. The van der Waals surface area contributed by atoms with Crippen LogP contribution in [0.2, 0.25) is 0 Å². The van der Waals surface area contributed by atoms with Gasteiger partial charge in [0.1, 0.15) is 23.2 Å². The minimum atomic E-state index is -0.212. The van der Waals surface area contributed by atoms with Crippen LogP contribution in [-0.2, 0) is 0 Å². The maximum Gasteiger partial charge on any atom is 0.123 e. The summed E-state index contributed by atoms with van der Waals surface area (Å²) in [4.78, 5) is 0. The largest absolute Gasteiger partial charge is 0.489 e. The maximum atomic E-state index is 6.49. The van der Waals surface area contributed by atoms with Gasteiger partial charge in [-0.3, -0.25) is 0 Å². The minimum Gasteiger partial charge on any atom is -0.489 e. The highest BCUT2D eigenvalue weighted by Gasteiger charge is 2.66. The zero-order valence-electron chi connectivity index (χ0n) is 14.7. The fourth-order valence-electron chi connectivity index (χ4n) is 5.69. The zero-order valence-corrected chi connectivity index (χ0v) is 14.7. The molecule has 1 fully saturated rings. The lowest BCUT2D eigenvalue weighted by Crippen LogP contribution is -2.46. The van der Waals surface area contributed by atoms with E-state index >= 15 is 0 Å². The Morgan fingerprint density at radius 1 is 0.792 bits per heavy atom. The van der Waals surface area contributed by atoms with Crippen molar-refractivity contribution in [2.75, 3.05) is 0 Å². The molecule has 2 aliphatic heterocycles. The first-order chi connectivity index (χ1) is 11.4. The van der Waals surface area contributed by atoms with Crippen LogP contribution in [0.15, 0.2) is 48.5 Å². The molecule has 0 N–H and O–H groups in total. The molecule has 2 heterocycles. The molecule has 124 valence electrons. The minimum absolute atomic E-state index is 0.0610. The summed E-state index contributed by atoms with van der Waals surface area (Å²) in [5.74, 6) is 3.36. The summed E-state index contributed by atoms with van der Waals surface area (Å²) in [5.41, 5.74) is 2.56. The quantitative estimate of drug-likeness (QED) is 0.669. The topological polar surface area (TPSA) is 18.5 Å². The molecule has 0 spiro atoms. The monoisotopic (exact) mass is 320 g/mol. The first-order valence-electron chi connectivity index (χ1n) is 8.95. The predicted molar refractivity (Wildman–Crippen MR) is 94.8 cm³/mol. The second kappa shape index (κ2) is 4.36. The lowest BCUT2D eigenvalue weighted by atomic mass is 9.67. The number of rotatable bonds is 0. The van der Waals surface area contributed by atoms with E-state index in [2.05, 4.69) is 76.2 Å². The molecule has 4 unspecified atom stereocenters. The van der Waals surface area contributed by atoms with Gasteiger partial charge in [0.25, 0.3) is 0 Å². The Hall–Kier alpha value is -1.96. The Bertz CT molecular complexity index is 820. The van der Waals surface area contributed by atoms with Crippen molar-refractivity contribution >= 4 is 0 Å². The molecule has 2 heteroatoms. The molecular formula is C22H24O2. The van der Waals surface area contributed by atoms with Crippen LogP contribution >= 0.6 is 0 Å². The van der Waals surface area contributed by atoms with Gasteiger partial charge in [0.05, 0.1) is 0 Å². The van der Waals surface area contributed by atoms with E-state index < -0.39 is 0 Å². The molecule has 1 aliphatic carbocycles. The first kappa shape index (κ1) is 14.4. The molecule has 1 saturated carbocycles. The Labute approximate surface area is 143 Å². The third-order valence-corrected chi connectivity index (χ3v) is 6.57. The highest BCUT2D eigenvalue weighted by Crippen LogP contribution is 2.68. The van der Waals surface area contributed by atoms with Gasteiger partial charge in [-0.15, -0.1) is 0 Å². The molecule has 5 rings (SSSR count). The molecule has 0 bridgehead atoms. The molecule has 3 aliphatic rings. The van der Waals surface area contributed by atoms with Gasteiger partial charge in [-0.1, -0.05) is 50.2 Å². The van der Waals surface area contributed by atoms with Crippen LogP contribution in [0.25, 0.3) is 0 Å². The molecule has 4 atom stereocenters. The van der Waals surface area contributed by atoms with Gasteiger partial charge < -0.3 is 9.47 Å². The van der Waals surface area contributed by atoms with Crippen LogP contribution in [0.4, 0.5) is 0 Å². The van der Waals surface area contributed by atoms with E-state index in [9.17, 15) is 0 Å². The molecule has 0 saturated heterocycles. The average Bonchev–Trinajstić information content (AvgIpc) is 3.02. The maximum absolute atomic E-state index is 6.49. The van der Waals surface area contributed by atoms with Crippen molar-refractivity contribution in [2.45, 2.75) is 51.2 Å². The van der Waals surface area contributed by atoms with Crippen LogP contribution in [0.3, 0.4) is 0 Å². The van der Waals surface area contributed by atoms with Crippen molar-refractivity contribution in [3.8, 4) is 11.5 Å². The number of hydrogen-bond donors (Lipinski definition) is 0. The van der Waals surface area contributed by atoms with E-state index in [1.165, 1.54) is 11.1 Å². The van der Waals surface area contributed by atoms with Gasteiger partial charge in [-0.2, -0.15) is 0 Å². The van der Waals surface area contributed by atoms with Gasteiger partial charge in [0.15, 0.2) is 0 Å².